The van der Waals surface area contributed by atoms with Gasteiger partial charge in [-0.25, -0.2) is 13.1 Å². The Balaban J connectivity index is 2.38. The largest absolute Gasteiger partial charge is 0.320 e. The maximum absolute atomic E-state index is 11.8. The van der Waals surface area contributed by atoms with E-state index in [4.69, 9.17) is 0 Å². The Morgan fingerprint density at radius 1 is 1.41 bits per heavy atom. The molecule has 0 aliphatic rings. The van der Waals surface area contributed by atoms with Crippen LogP contribution in [0.1, 0.15) is 31.4 Å². The van der Waals surface area contributed by atoms with Crippen molar-refractivity contribution in [2.45, 2.75) is 25.8 Å². The van der Waals surface area contributed by atoms with E-state index < -0.39 is 10.0 Å². The fraction of sp³-hybridized carbons (Fsp3) is 0.636. The van der Waals surface area contributed by atoms with Crippen LogP contribution in [0.4, 0.5) is 0 Å². The van der Waals surface area contributed by atoms with Crippen LogP contribution in [-0.2, 0) is 10.0 Å². The molecule has 1 unspecified atom stereocenters. The van der Waals surface area contributed by atoms with E-state index in [0.29, 0.717) is 6.42 Å². The Morgan fingerprint density at radius 2 is 2.18 bits per heavy atom. The van der Waals surface area contributed by atoms with E-state index in [1.54, 1.807) is 11.3 Å². The lowest BCUT2D eigenvalue weighted by Crippen LogP contribution is -2.29. The minimum absolute atomic E-state index is 0.143. The molecule has 17 heavy (non-hydrogen) atoms. The van der Waals surface area contributed by atoms with Crippen LogP contribution in [0, 0.1) is 0 Å². The molecule has 1 atom stereocenters. The first kappa shape index (κ1) is 14.6. The summed E-state index contributed by atoms with van der Waals surface area (Å²) in [5.74, 6) is 0.198. The van der Waals surface area contributed by atoms with E-state index in [0.717, 1.165) is 18.5 Å². The highest BCUT2D eigenvalue weighted by Crippen LogP contribution is 2.16. The first-order valence-corrected chi connectivity index (χ1v) is 8.31. The van der Waals surface area contributed by atoms with E-state index in [1.807, 2.05) is 30.8 Å². The lowest BCUT2D eigenvalue weighted by atomic mass is 10.2. The molecule has 0 aromatic carbocycles. The van der Waals surface area contributed by atoms with Gasteiger partial charge in [-0.2, -0.15) is 11.3 Å². The maximum Gasteiger partial charge on any atom is 0.212 e. The average Bonchev–Trinajstić information content (AvgIpc) is 2.77. The summed E-state index contributed by atoms with van der Waals surface area (Å²) < 4.78 is 26.2. The number of hydrogen-bond acceptors (Lipinski definition) is 4. The third-order valence-corrected chi connectivity index (χ3v) is 4.73. The van der Waals surface area contributed by atoms with Crippen molar-refractivity contribution in [3.63, 3.8) is 0 Å². The van der Waals surface area contributed by atoms with E-state index in [2.05, 4.69) is 10.0 Å². The Kier molecular flexibility index (Phi) is 6.11. The molecule has 6 heteroatoms. The fourth-order valence-electron chi connectivity index (χ4n) is 1.51. The second-order valence-electron chi connectivity index (χ2n) is 4.03. The molecule has 98 valence electrons. The molecule has 2 N–H and O–H groups in total. The van der Waals surface area contributed by atoms with Crippen LogP contribution in [0.2, 0.25) is 0 Å². The van der Waals surface area contributed by atoms with Gasteiger partial charge in [-0.3, -0.25) is 0 Å². The minimum atomic E-state index is -3.16. The molecule has 0 amide bonds. The van der Waals surface area contributed by atoms with Gasteiger partial charge >= 0.3 is 0 Å². The van der Waals surface area contributed by atoms with Crippen LogP contribution in [0.3, 0.4) is 0 Å². The van der Waals surface area contributed by atoms with Crippen molar-refractivity contribution < 1.29 is 8.42 Å². The topological polar surface area (TPSA) is 58.2 Å². The van der Waals surface area contributed by atoms with Gasteiger partial charge in [0.15, 0.2) is 0 Å². The van der Waals surface area contributed by atoms with Gasteiger partial charge in [-0.15, -0.1) is 0 Å². The van der Waals surface area contributed by atoms with Gasteiger partial charge in [-0.05, 0) is 55.7 Å². The second kappa shape index (κ2) is 7.10. The number of sulfonamides is 1. The van der Waals surface area contributed by atoms with Gasteiger partial charge in [0.1, 0.15) is 0 Å². The summed E-state index contributed by atoms with van der Waals surface area (Å²) in [6.07, 6.45) is 1.57. The third-order valence-electron chi connectivity index (χ3n) is 2.49. The molecule has 4 nitrogen and oxygen atoms in total. The van der Waals surface area contributed by atoms with E-state index in [9.17, 15) is 8.42 Å². The zero-order valence-electron chi connectivity index (χ0n) is 10.3. The van der Waals surface area contributed by atoms with E-state index in [1.165, 1.54) is 0 Å². The number of hydrogen-bond donors (Lipinski definition) is 2. The standard InChI is InChI=1S/C11H20N2O2S2/c1-10(11-5-7-16-9-11)13-17(14,15)8-4-3-6-12-2/h5,7,9-10,12-13H,3-4,6,8H2,1-2H3. The van der Waals surface area contributed by atoms with Gasteiger partial charge in [0.2, 0.25) is 10.0 Å². The highest BCUT2D eigenvalue weighted by atomic mass is 32.2. The molecule has 1 heterocycles. The van der Waals surface area contributed by atoms with Crippen molar-refractivity contribution in [2.75, 3.05) is 19.3 Å². The SMILES string of the molecule is CNCCCCS(=O)(=O)NC(C)c1ccsc1. The van der Waals surface area contributed by atoms with Gasteiger partial charge < -0.3 is 5.32 Å². The second-order valence-corrected chi connectivity index (χ2v) is 6.68. The number of rotatable bonds is 8. The fourth-order valence-corrected chi connectivity index (χ4v) is 3.64. The minimum Gasteiger partial charge on any atom is -0.320 e. The van der Waals surface area contributed by atoms with Crippen molar-refractivity contribution in [1.82, 2.24) is 10.0 Å². The highest BCUT2D eigenvalue weighted by molar-refractivity contribution is 7.89. The van der Waals surface area contributed by atoms with E-state index >= 15 is 0 Å². The first-order valence-electron chi connectivity index (χ1n) is 5.72. The van der Waals surface area contributed by atoms with Crippen molar-refractivity contribution in [3.8, 4) is 0 Å². The molecule has 0 bridgehead atoms. The normalized spacial score (nSPS) is 13.8. The summed E-state index contributed by atoms with van der Waals surface area (Å²) in [4.78, 5) is 0. The van der Waals surface area contributed by atoms with Gasteiger partial charge in [0.05, 0.1) is 5.75 Å². The zero-order valence-corrected chi connectivity index (χ0v) is 11.9. The van der Waals surface area contributed by atoms with Crippen molar-refractivity contribution in [3.05, 3.63) is 22.4 Å². The average molecular weight is 276 g/mol. The first-order chi connectivity index (χ1) is 8.05. The van der Waals surface area contributed by atoms with Crippen molar-refractivity contribution in [1.29, 1.82) is 0 Å². The molecular formula is C11H20N2O2S2. The van der Waals surface area contributed by atoms with Gasteiger partial charge in [0.25, 0.3) is 0 Å². The number of thiophene rings is 1. The molecule has 0 saturated heterocycles. The van der Waals surface area contributed by atoms with Crippen LogP contribution in [0.15, 0.2) is 16.8 Å². The molecule has 0 fully saturated rings. The summed E-state index contributed by atoms with van der Waals surface area (Å²) in [6, 6.07) is 1.80. The molecule has 0 aliphatic heterocycles. The molecule has 1 rings (SSSR count). The molecule has 0 radical (unpaired) electrons. The smallest absolute Gasteiger partial charge is 0.212 e. The summed E-state index contributed by atoms with van der Waals surface area (Å²) in [6.45, 7) is 2.73. The Morgan fingerprint density at radius 3 is 2.76 bits per heavy atom. The summed E-state index contributed by atoms with van der Waals surface area (Å²) in [7, 11) is -1.29. The molecular weight excluding hydrogens is 256 g/mol. The zero-order chi connectivity index (χ0) is 12.7. The molecule has 0 aliphatic carbocycles. The Labute approximate surface area is 107 Å². The molecule has 0 spiro atoms. The monoisotopic (exact) mass is 276 g/mol. The number of nitrogens with one attached hydrogen (secondary N) is 2. The van der Waals surface area contributed by atoms with Crippen LogP contribution < -0.4 is 10.0 Å². The summed E-state index contributed by atoms with van der Waals surface area (Å²) in [5, 5.41) is 6.92. The van der Waals surface area contributed by atoms with Crippen molar-refractivity contribution >= 4 is 21.4 Å². The summed E-state index contributed by atoms with van der Waals surface area (Å²) >= 11 is 1.58. The lowest BCUT2D eigenvalue weighted by Gasteiger charge is -2.12. The predicted molar refractivity (Wildman–Crippen MR) is 72.8 cm³/mol. The van der Waals surface area contributed by atoms with E-state index in [-0.39, 0.29) is 11.8 Å². The Hall–Kier alpha value is -0.430. The quantitative estimate of drug-likeness (QED) is 0.711. The maximum atomic E-state index is 11.8. The van der Waals surface area contributed by atoms with Gasteiger partial charge in [-0.1, -0.05) is 0 Å². The van der Waals surface area contributed by atoms with Gasteiger partial charge in [0, 0.05) is 6.04 Å². The van der Waals surface area contributed by atoms with Crippen LogP contribution >= 0.6 is 11.3 Å². The number of unbranched alkanes of at least 4 members (excludes halogenated alkanes) is 1. The van der Waals surface area contributed by atoms with Crippen LogP contribution in [-0.4, -0.2) is 27.8 Å². The predicted octanol–water partition coefficient (Wildman–Crippen LogP) is 1.73. The molecule has 0 saturated carbocycles. The van der Waals surface area contributed by atoms with Crippen LogP contribution in [0.25, 0.3) is 0 Å². The molecule has 1 aromatic heterocycles. The molecule has 1 aromatic rings. The van der Waals surface area contributed by atoms with Crippen LogP contribution in [0.5, 0.6) is 0 Å². The third kappa shape index (κ3) is 5.63. The highest BCUT2D eigenvalue weighted by Gasteiger charge is 2.15. The Bertz CT molecular complexity index is 401. The summed E-state index contributed by atoms with van der Waals surface area (Å²) in [5.41, 5.74) is 1.02. The lowest BCUT2D eigenvalue weighted by molar-refractivity contribution is 0.562. The van der Waals surface area contributed by atoms with Crippen molar-refractivity contribution in [2.24, 2.45) is 0 Å².